The van der Waals surface area contributed by atoms with E-state index >= 15 is 0 Å². The van der Waals surface area contributed by atoms with Crippen molar-refractivity contribution in [1.82, 2.24) is 20.9 Å². The highest BCUT2D eigenvalue weighted by molar-refractivity contribution is 14.0. The average Bonchev–Trinajstić information content (AvgIpc) is 2.65. The molecule has 172 valence electrons. The van der Waals surface area contributed by atoms with Gasteiger partial charge in [0.25, 0.3) is 0 Å². The Morgan fingerprint density at radius 2 is 2.00 bits per heavy atom. The van der Waals surface area contributed by atoms with Gasteiger partial charge in [0, 0.05) is 52.0 Å². The number of ether oxygens (including phenoxy) is 1. The zero-order valence-electron chi connectivity index (χ0n) is 19.4. The fourth-order valence-electron chi connectivity index (χ4n) is 2.73. The lowest BCUT2D eigenvalue weighted by molar-refractivity contribution is 0.0523. The lowest BCUT2D eigenvalue weighted by atomic mass is 10.1. The molecule has 1 heterocycles. The standard InChI is InChI=1S/C21H38N6O2.HI/c1-8-9-12-17(15-25-20(28)29-21(2,3)4)26-19(22-5)24-14-16-11-10-13-23-18(16)27(6)7;/h10-11,13,17H,8-9,12,14-15H2,1-7H3,(H,25,28)(H2,22,24,26);1H. The molecule has 0 aliphatic heterocycles. The van der Waals surface area contributed by atoms with Crippen molar-refractivity contribution >= 4 is 41.8 Å². The number of unbranched alkanes of at least 4 members (excludes halogenated alkanes) is 1. The number of hydrogen-bond donors (Lipinski definition) is 3. The topological polar surface area (TPSA) is 90.9 Å². The molecular weight excluding hydrogens is 495 g/mol. The molecule has 0 aromatic carbocycles. The minimum absolute atomic E-state index is 0. The van der Waals surface area contributed by atoms with Crippen LogP contribution in [0.25, 0.3) is 0 Å². The molecule has 30 heavy (non-hydrogen) atoms. The number of alkyl carbamates (subject to hydrolysis) is 1. The first-order chi connectivity index (χ1) is 13.7. The number of anilines is 1. The molecular formula is C21H39IN6O2. The van der Waals surface area contributed by atoms with Crippen LogP contribution in [0.5, 0.6) is 0 Å². The number of nitrogens with one attached hydrogen (secondary N) is 3. The molecule has 1 amide bonds. The minimum Gasteiger partial charge on any atom is -0.444 e. The molecule has 1 rings (SSSR count). The van der Waals surface area contributed by atoms with Crippen LogP contribution in [-0.4, -0.2) is 56.4 Å². The molecule has 0 radical (unpaired) electrons. The summed E-state index contributed by atoms with van der Waals surface area (Å²) < 4.78 is 5.33. The van der Waals surface area contributed by atoms with Crippen LogP contribution in [0.2, 0.25) is 0 Å². The van der Waals surface area contributed by atoms with Crippen molar-refractivity contribution in [1.29, 1.82) is 0 Å². The van der Waals surface area contributed by atoms with Gasteiger partial charge in [-0.15, -0.1) is 24.0 Å². The van der Waals surface area contributed by atoms with Crippen molar-refractivity contribution in [3.8, 4) is 0 Å². The Balaban J connectivity index is 0.00000841. The summed E-state index contributed by atoms with van der Waals surface area (Å²) in [7, 11) is 5.69. The quantitative estimate of drug-likeness (QED) is 0.255. The van der Waals surface area contributed by atoms with E-state index in [1.54, 1.807) is 13.2 Å². The Kier molecular flexibility index (Phi) is 13.4. The normalized spacial score (nSPS) is 12.4. The van der Waals surface area contributed by atoms with E-state index in [1.165, 1.54) is 0 Å². The van der Waals surface area contributed by atoms with E-state index in [1.807, 2.05) is 51.9 Å². The molecule has 1 unspecified atom stereocenters. The zero-order valence-corrected chi connectivity index (χ0v) is 21.7. The number of amides is 1. The van der Waals surface area contributed by atoms with E-state index in [9.17, 15) is 4.79 Å². The summed E-state index contributed by atoms with van der Waals surface area (Å²) in [5, 5.41) is 9.60. The van der Waals surface area contributed by atoms with Gasteiger partial charge in [-0.05, 0) is 33.3 Å². The van der Waals surface area contributed by atoms with E-state index in [4.69, 9.17) is 4.74 Å². The van der Waals surface area contributed by atoms with Crippen LogP contribution < -0.4 is 20.9 Å². The monoisotopic (exact) mass is 534 g/mol. The van der Waals surface area contributed by atoms with Crippen LogP contribution in [-0.2, 0) is 11.3 Å². The third-order valence-corrected chi connectivity index (χ3v) is 4.10. The van der Waals surface area contributed by atoms with Crippen LogP contribution in [0.3, 0.4) is 0 Å². The lowest BCUT2D eigenvalue weighted by Crippen LogP contribution is -2.48. The SMILES string of the molecule is CCCCC(CNC(=O)OC(C)(C)C)NC(=NC)NCc1cccnc1N(C)C.I. The minimum atomic E-state index is -0.512. The summed E-state index contributed by atoms with van der Waals surface area (Å²) in [5.74, 6) is 1.61. The molecule has 0 saturated carbocycles. The summed E-state index contributed by atoms with van der Waals surface area (Å²) in [6.45, 7) is 8.77. The smallest absolute Gasteiger partial charge is 0.407 e. The maximum Gasteiger partial charge on any atom is 0.407 e. The summed E-state index contributed by atoms with van der Waals surface area (Å²) in [5.41, 5.74) is 0.569. The van der Waals surface area contributed by atoms with Gasteiger partial charge in [0.15, 0.2) is 5.96 Å². The summed E-state index contributed by atoms with van der Waals surface area (Å²) in [6, 6.07) is 4.02. The van der Waals surface area contributed by atoms with Gasteiger partial charge >= 0.3 is 6.09 Å². The van der Waals surface area contributed by atoms with Crippen LogP contribution in [0.15, 0.2) is 23.3 Å². The molecule has 3 N–H and O–H groups in total. The Morgan fingerprint density at radius 1 is 1.30 bits per heavy atom. The highest BCUT2D eigenvalue weighted by atomic mass is 127. The number of halogens is 1. The molecule has 1 aromatic rings. The van der Waals surface area contributed by atoms with Gasteiger partial charge in [-0.3, -0.25) is 4.99 Å². The third kappa shape index (κ3) is 11.4. The number of guanidine groups is 1. The van der Waals surface area contributed by atoms with E-state index in [0.717, 1.165) is 30.6 Å². The Bertz CT molecular complexity index is 661. The molecule has 0 fully saturated rings. The van der Waals surface area contributed by atoms with E-state index in [-0.39, 0.29) is 30.0 Å². The predicted octanol–water partition coefficient (Wildman–Crippen LogP) is 3.51. The molecule has 1 aromatic heterocycles. The second-order valence-electron chi connectivity index (χ2n) is 8.17. The Hall–Kier alpha value is -1.78. The maximum absolute atomic E-state index is 12.0. The number of nitrogens with zero attached hydrogens (tertiary/aromatic N) is 3. The predicted molar refractivity (Wildman–Crippen MR) is 135 cm³/mol. The van der Waals surface area contributed by atoms with E-state index in [2.05, 4.69) is 32.9 Å². The molecule has 0 aliphatic rings. The van der Waals surface area contributed by atoms with Gasteiger partial charge in [-0.1, -0.05) is 25.8 Å². The number of aliphatic imine (C=N–C) groups is 1. The number of hydrogen-bond acceptors (Lipinski definition) is 5. The van der Waals surface area contributed by atoms with Crippen molar-refractivity contribution in [2.75, 3.05) is 32.6 Å². The first-order valence-electron chi connectivity index (χ1n) is 10.2. The first kappa shape index (κ1) is 28.2. The van der Waals surface area contributed by atoms with Gasteiger partial charge in [0.05, 0.1) is 0 Å². The molecule has 0 bridgehead atoms. The fraction of sp³-hybridized carbons (Fsp3) is 0.667. The van der Waals surface area contributed by atoms with E-state index in [0.29, 0.717) is 19.0 Å². The van der Waals surface area contributed by atoms with Gasteiger partial charge in [0.2, 0.25) is 0 Å². The van der Waals surface area contributed by atoms with Crippen molar-refractivity contribution in [3.05, 3.63) is 23.9 Å². The fourth-order valence-corrected chi connectivity index (χ4v) is 2.73. The number of pyridine rings is 1. The zero-order chi connectivity index (χ0) is 21.9. The van der Waals surface area contributed by atoms with Crippen molar-refractivity contribution in [2.45, 2.75) is 65.1 Å². The summed E-state index contributed by atoms with van der Waals surface area (Å²) in [6.07, 6.45) is 4.43. The lowest BCUT2D eigenvalue weighted by Gasteiger charge is -2.24. The number of aromatic nitrogens is 1. The Labute approximate surface area is 198 Å². The van der Waals surface area contributed by atoms with Crippen LogP contribution in [0.1, 0.15) is 52.5 Å². The summed E-state index contributed by atoms with van der Waals surface area (Å²) >= 11 is 0. The van der Waals surface area contributed by atoms with Gasteiger partial charge in [0.1, 0.15) is 11.4 Å². The summed E-state index contributed by atoms with van der Waals surface area (Å²) in [4.78, 5) is 22.7. The van der Waals surface area contributed by atoms with Crippen molar-refractivity contribution < 1.29 is 9.53 Å². The molecule has 8 nitrogen and oxygen atoms in total. The highest BCUT2D eigenvalue weighted by Gasteiger charge is 2.18. The molecule has 0 aliphatic carbocycles. The van der Waals surface area contributed by atoms with Crippen LogP contribution in [0, 0.1) is 0 Å². The van der Waals surface area contributed by atoms with Gasteiger partial charge in [-0.2, -0.15) is 0 Å². The number of rotatable bonds is 9. The average molecular weight is 534 g/mol. The van der Waals surface area contributed by atoms with E-state index < -0.39 is 11.7 Å². The number of carbonyl (C=O) groups is 1. The van der Waals surface area contributed by atoms with Crippen LogP contribution >= 0.6 is 24.0 Å². The van der Waals surface area contributed by atoms with Crippen LogP contribution in [0.4, 0.5) is 10.6 Å². The number of carbonyl (C=O) groups excluding carboxylic acids is 1. The first-order valence-corrected chi connectivity index (χ1v) is 10.2. The van der Waals surface area contributed by atoms with Crippen molar-refractivity contribution in [2.24, 2.45) is 4.99 Å². The van der Waals surface area contributed by atoms with Gasteiger partial charge in [-0.25, -0.2) is 9.78 Å². The largest absolute Gasteiger partial charge is 0.444 e. The molecule has 0 spiro atoms. The molecule has 0 saturated heterocycles. The van der Waals surface area contributed by atoms with Gasteiger partial charge < -0.3 is 25.6 Å². The molecule has 1 atom stereocenters. The highest BCUT2D eigenvalue weighted by Crippen LogP contribution is 2.13. The molecule has 9 heteroatoms. The maximum atomic E-state index is 12.0. The third-order valence-electron chi connectivity index (χ3n) is 4.10. The second-order valence-corrected chi connectivity index (χ2v) is 8.17. The Morgan fingerprint density at radius 3 is 2.57 bits per heavy atom. The second kappa shape index (κ2) is 14.3. The van der Waals surface area contributed by atoms with Crippen molar-refractivity contribution in [3.63, 3.8) is 0 Å².